The third kappa shape index (κ3) is 3.32. The average molecular weight is 377 g/mol. The van der Waals surface area contributed by atoms with E-state index in [0.717, 1.165) is 47.4 Å². The Morgan fingerprint density at radius 1 is 1.35 bits per heavy atom. The Bertz CT molecular complexity index is 705. The van der Waals surface area contributed by atoms with Gasteiger partial charge in [0.2, 0.25) is 0 Å². The number of aromatic nitrogens is 3. The number of aryl methyl sites for hydroxylation is 1. The van der Waals surface area contributed by atoms with Crippen LogP contribution < -0.4 is 5.01 Å². The molecule has 0 bridgehead atoms. The molecule has 0 N–H and O–H groups in total. The summed E-state index contributed by atoms with van der Waals surface area (Å²) in [5, 5.41) is 6.74. The van der Waals surface area contributed by atoms with E-state index in [2.05, 4.69) is 50.9 Å². The Hall–Kier alpha value is -1.69. The molecule has 1 fully saturated rings. The van der Waals surface area contributed by atoms with Gasteiger partial charge in [0, 0.05) is 34.9 Å². The van der Waals surface area contributed by atoms with Gasteiger partial charge in [-0.3, -0.25) is 14.8 Å². The van der Waals surface area contributed by atoms with Gasteiger partial charge in [-0.15, -0.1) is 0 Å². The van der Waals surface area contributed by atoms with Crippen molar-refractivity contribution in [2.45, 2.75) is 39.0 Å². The summed E-state index contributed by atoms with van der Waals surface area (Å²) in [4.78, 5) is 17.8. The minimum atomic E-state index is 0.308. The normalized spacial score (nSPS) is 18.0. The van der Waals surface area contributed by atoms with Crippen LogP contribution in [0.2, 0.25) is 0 Å². The maximum absolute atomic E-state index is 11.4. The number of halogens is 1. The van der Waals surface area contributed by atoms with E-state index in [0.29, 0.717) is 17.5 Å². The van der Waals surface area contributed by atoms with Crippen molar-refractivity contribution < 1.29 is 4.79 Å². The highest BCUT2D eigenvalue weighted by molar-refractivity contribution is 9.10. The summed E-state index contributed by atoms with van der Waals surface area (Å²) in [6.45, 7) is 7.87. The first-order valence-electron chi connectivity index (χ1n) is 7.92. The zero-order valence-corrected chi connectivity index (χ0v) is 15.2. The zero-order chi connectivity index (χ0) is 16.6. The van der Waals surface area contributed by atoms with Gasteiger partial charge in [0.25, 0.3) is 0 Å². The van der Waals surface area contributed by atoms with Gasteiger partial charge < -0.3 is 0 Å². The van der Waals surface area contributed by atoms with Gasteiger partial charge in [-0.25, -0.2) is 0 Å². The van der Waals surface area contributed by atoms with Gasteiger partial charge in [-0.05, 0) is 37.5 Å². The van der Waals surface area contributed by atoms with E-state index in [1.165, 1.54) is 0 Å². The molecule has 0 amide bonds. The van der Waals surface area contributed by atoms with E-state index in [1.807, 2.05) is 19.1 Å². The van der Waals surface area contributed by atoms with E-state index in [4.69, 9.17) is 0 Å². The molecule has 1 unspecified atom stereocenters. The molecule has 23 heavy (non-hydrogen) atoms. The van der Waals surface area contributed by atoms with Crippen LogP contribution in [0.5, 0.6) is 0 Å². The van der Waals surface area contributed by atoms with Crippen molar-refractivity contribution in [2.24, 2.45) is 0 Å². The predicted octanol–water partition coefficient (Wildman–Crippen LogP) is 3.41. The lowest BCUT2D eigenvalue weighted by Gasteiger charge is -2.20. The Kier molecular flexibility index (Phi) is 4.53. The summed E-state index contributed by atoms with van der Waals surface area (Å²) >= 11 is 3.54. The second-order valence-electron chi connectivity index (χ2n) is 6.41. The highest BCUT2D eigenvalue weighted by Crippen LogP contribution is 2.28. The third-order valence-corrected chi connectivity index (χ3v) is 4.70. The molecule has 0 spiro atoms. The van der Waals surface area contributed by atoms with Gasteiger partial charge in [0.05, 0.1) is 5.69 Å². The number of carbonyl (C=O) groups excluding carboxylic acids is 1. The molecule has 1 saturated heterocycles. The smallest absolute Gasteiger partial charge is 0.170 e. The quantitative estimate of drug-likeness (QED) is 0.767. The lowest BCUT2D eigenvalue weighted by atomic mass is 10.0. The van der Waals surface area contributed by atoms with E-state index in [-0.39, 0.29) is 0 Å². The molecule has 2 aromatic rings. The Morgan fingerprint density at radius 3 is 2.78 bits per heavy atom. The number of rotatable bonds is 4. The predicted molar refractivity (Wildman–Crippen MR) is 93.7 cm³/mol. The first kappa shape index (κ1) is 16.2. The fraction of sp³-hybridized carbons (Fsp3) is 0.471. The lowest BCUT2D eigenvalue weighted by molar-refractivity contribution is 0.111. The van der Waals surface area contributed by atoms with Crippen LogP contribution >= 0.6 is 15.9 Å². The molecule has 5 nitrogen and oxygen atoms in total. The van der Waals surface area contributed by atoms with Gasteiger partial charge in [0.15, 0.2) is 6.29 Å². The summed E-state index contributed by atoms with van der Waals surface area (Å²) < 4.78 is 1.06. The molecule has 122 valence electrons. The van der Waals surface area contributed by atoms with Crippen LogP contribution in [0, 0.1) is 6.92 Å². The summed E-state index contributed by atoms with van der Waals surface area (Å²) in [7, 11) is 0. The molecule has 0 radical (unpaired) electrons. The number of nitrogens with zero attached hydrogens (tertiary/aromatic N) is 4. The fourth-order valence-electron chi connectivity index (χ4n) is 3.01. The van der Waals surface area contributed by atoms with Crippen molar-refractivity contribution in [3.63, 3.8) is 0 Å². The van der Waals surface area contributed by atoms with Crippen LogP contribution in [0.3, 0.4) is 0 Å². The van der Waals surface area contributed by atoms with E-state index >= 15 is 0 Å². The second-order valence-corrected chi connectivity index (χ2v) is 7.32. The van der Waals surface area contributed by atoms with Gasteiger partial charge >= 0.3 is 0 Å². The second kappa shape index (κ2) is 6.43. The van der Waals surface area contributed by atoms with Crippen molar-refractivity contribution in [2.75, 3.05) is 18.1 Å². The molecular formula is C17H21BrN4O. The van der Waals surface area contributed by atoms with Crippen molar-refractivity contribution >= 4 is 22.2 Å². The Labute approximate surface area is 144 Å². The highest BCUT2D eigenvalue weighted by Gasteiger charge is 2.27. The molecular weight excluding hydrogens is 356 g/mol. The highest BCUT2D eigenvalue weighted by atomic mass is 79.9. The van der Waals surface area contributed by atoms with E-state index in [1.54, 1.807) is 4.79 Å². The van der Waals surface area contributed by atoms with Crippen LogP contribution in [-0.2, 0) is 0 Å². The largest absolute Gasteiger partial charge is 0.296 e. The van der Waals surface area contributed by atoms with E-state index < -0.39 is 0 Å². The number of hydrogen-bond donors (Lipinski definition) is 0. The minimum Gasteiger partial charge on any atom is -0.296 e. The summed E-state index contributed by atoms with van der Waals surface area (Å²) in [5.41, 5.74) is 3.69. The van der Waals surface area contributed by atoms with Crippen LogP contribution in [0.4, 0.5) is 0 Å². The minimum absolute atomic E-state index is 0.308. The maximum Gasteiger partial charge on any atom is 0.170 e. The van der Waals surface area contributed by atoms with Crippen molar-refractivity contribution in [3.8, 4) is 0 Å². The molecule has 1 aliphatic heterocycles. The monoisotopic (exact) mass is 376 g/mol. The molecule has 1 atom stereocenters. The van der Waals surface area contributed by atoms with E-state index in [9.17, 15) is 4.79 Å². The fourth-order valence-corrected chi connectivity index (χ4v) is 3.58. The lowest BCUT2D eigenvalue weighted by Crippen LogP contribution is -2.34. The molecule has 2 aromatic heterocycles. The molecule has 1 aliphatic rings. The molecule has 0 aliphatic carbocycles. The third-order valence-electron chi connectivity index (χ3n) is 4.24. The molecule has 6 heteroatoms. The van der Waals surface area contributed by atoms with Crippen molar-refractivity contribution in [3.05, 3.63) is 45.4 Å². The molecule has 0 aromatic carbocycles. The molecule has 3 heterocycles. The van der Waals surface area contributed by atoms with Crippen molar-refractivity contribution in [1.82, 2.24) is 14.9 Å². The van der Waals surface area contributed by atoms with Crippen LogP contribution in [0.25, 0.3) is 0 Å². The first-order valence-corrected chi connectivity index (χ1v) is 8.71. The van der Waals surface area contributed by atoms with Crippen LogP contribution in [-0.4, -0.2) is 34.2 Å². The van der Waals surface area contributed by atoms with Crippen LogP contribution in [0.15, 0.2) is 22.7 Å². The molecule has 0 saturated carbocycles. The van der Waals surface area contributed by atoms with Gasteiger partial charge in [0.1, 0.15) is 5.69 Å². The summed E-state index contributed by atoms with van der Waals surface area (Å²) in [5.74, 6) is 0.667. The number of carbonyl (C=O) groups is 1. The number of aldehydes is 1. The summed E-state index contributed by atoms with van der Waals surface area (Å²) in [6.07, 6.45) is 1.89. The number of hydrogen-bond acceptors (Lipinski definition) is 4. The Balaban J connectivity index is 1.83. The maximum atomic E-state index is 11.4. The number of pyridine rings is 1. The Morgan fingerprint density at radius 2 is 2.13 bits per heavy atom. The zero-order valence-electron chi connectivity index (χ0n) is 13.7. The average Bonchev–Trinajstić information content (AvgIpc) is 3.12. The summed E-state index contributed by atoms with van der Waals surface area (Å²) in [6, 6.07) is 5.99. The standard InChI is InChI=1S/C17H21BrN4O/c1-11(2)16-8-15(10-23)22(20-16)21-5-4-13(9-21)17-7-14(18)6-12(3)19-17/h6-8,10-11,13H,4-5,9H2,1-3H3. The van der Waals surface area contributed by atoms with Gasteiger partial charge in [-0.1, -0.05) is 29.8 Å². The van der Waals surface area contributed by atoms with Gasteiger partial charge in [-0.2, -0.15) is 9.89 Å². The van der Waals surface area contributed by atoms with Crippen molar-refractivity contribution in [1.29, 1.82) is 0 Å². The first-order chi connectivity index (χ1) is 11.0. The molecule has 3 rings (SSSR count). The topological polar surface area (TPSA) is 51.0 Å². The SMILES string of the molecule is Cc1cc(Br)cc(C2CCN(n3nc(C(C)C)cc3C=O)C2)n1. The van der Waals surface area contributed by atoms with Crippen LogP contribution in [0.1, 0.15) is 59.7 Å².